The van der Waals surface area contributed by atoms with Crippen LogP contribution in [0.3, 0.4) is 0 Å². The number of nitro groups is 1. The number of anilines is 1. The van der Waals surface area contributed by atoms with Crippen molar-refractivity contribution in [2.45, 2.75) is 20.8 Å². The van der Waals surface area contributed by atoms with Crippen LogP contribution in [-0.2, 0) is 0 Å². The Morgan fingerprint density at radius 3 is 2.65 bits per heavy atom. The van der Waals surface area contributed by atoms with Gasteiger partial charge in [0.25, 0.3) is 11.6 Å². The lowest BCUT2D eigenvalue weighted by Crippen LogP contribution is -2.12. The molecule has 0 saturated heterocycles. The lowest BCUT2D eigenvalue weighted by atomic mass is 10.2. The number of hydrogen-bond donors (Lipinski definition) is 1. The molecule has 156 valence electrons. The Morgan fingerprint density at radius 2 is 1.90 bits per heavy atom. The molecule has 0 radical (unpaired) electrons. The van der Waals surface area contributed by atoms with Gasteiger partial charge in [0.1, 0.15) is 17.1 Å². The van der Waals surface area contributed by atoms with Crippen LogP contribution in [0.5, 0.6) is 11.5 Å². The van der Waals surface area contributed by atoms with Crippen LogP contribution in [0.4, 0.5) is 11.4 Å². The Kier molecular flexibility index (Phi) is 5.08. The van der Waals surface area contributed by atoms with Gasteiger partial charge < -0.3 is 10.1 Å². The third-order valence-corrected chi connectivity index (χ3v) is 4.70. The molecule has 4 rings (SSSR count). The molecule has 0 aliphatic heterocycles. The van der Waals surface area contributed by atoms with Crippen LogP contribution in [0.15, 0.2) is 54.7 Å². The Bertz CT molecular complexity index is 1330. The molecule has 0 atom stereocenters. The van der Waals surface area contributed by atoms with Gasteiger partial charge >= 0.3 is 0 Å². The summed E-state index contributed by atoms with van der Waals surface area (Å²) in [5.41, 5.74) is 3.17. The first-order chi connectivity index (χ1) is 14.8. The van der Waals surface area contributed by atoms with Crippen molar-refractivity contribution in [2.24, 2.45) is 0 Å². The highest BCUT2D eigenvalue weighted by atomic mass is 16.6. The molecule has 0 bridgehead atoms. The molecule has 1 amide bonds. The van der Waals surface area contributed by atoms with Crippen molar-refractivity contribution in [3.05, 3.63) is 87.4 Å². The number of nitrogens with zero attached hydrogens (tertiary/aromatic N) is 4. The molecular weight excluding hydrogens is 398 g/mol. The molecule has 31 heavy (non-hydrogen) atoms. The topological polar surface area (TPSA) is 112 Å². The number of fused-ring (bicyclic) bond motifs is 1. The average Bonchev–Trinajstić information content (AvgIpc) is 3.14. The highest BCUT2D eigenvalue weighted by Gasteiger charge is 2.18. The van der Waals surface area contributed by atoms with Gasteiger partial charge in [-0.2, -0.15) is 5.10 Å². The predicted molar refractivity (Wildman–Crippen MR) is 115 cm³/mol. The predicted octanol–water partition coefficient (Wildman–Crippen LogP) is 4.61. The van der Waals surface area contributed by atoms with E-state index in [4.69, 9.17) is 4.74 Å². The third kappa shape index (κ3) is 4.06. The second kappa shape index (κ2) is 7.86. The number of carbonyl (C=O) groups is 1. The fourth-order valence-electron chi connectivity index (χ4n) is 3.25. The summed E-state index contributed by atoms with van der Waals surface area (Å²) >= 11 is 0. The fourth-order valence-corrected chi connectivity index (χ4v) is 3.25. The summed E-state index contributed by atoms with van der Waals surface area (Å²) in [4.78, 5) is 28.2. The highest BCUT2D eigenvalue weighted by Crippen LogP contribution is 2.31. The van der Waals surface area contributed by atoms with Crippen molar-refractivity contribution in [1.82, 2.24) is 14.6 Å². The van der Waals surface area contributed by atoms with E-state index < -0.39 is 10.8 Å². The molecule has 9 nitrogen and oxygen atoms in total. The van der Waals surface area contributed by atoms with E-state index in [0.717, 1.165) is 17.0 Å². The second-order valence-electron chi connectivity index (χ2n) is 7.13. The van der Waals surface area contributed by atoms with E-state index in [9.17, 15) is 14.9 Å². The maximum atomic E-state index is 12.9. The SMILES string of the molecule is Cc1cc(C)n2ncc(C(=O)Nc3cc(Oc4ccccc4C)cc([N+](=O)[O-])c3)c2n1. The van der Waals surface area contributed by atoms with Crippen LogP contribution >= 0.6 is 0 Å². The van der Waals surface area contributed by atoms with E-state index in [0.29, 0.717) is 11.4 Å². The molecule has 0 spiro atoms. The van der Waals surface area contributed by atoms with Gasteiger partial charge in [0.05, 0.1) is 22.9 Å². The number of carbonyl (C=O) groups excluding carboxylic acids is 1. The van der Waals surface area contributed by atoms with Gasteiger partial charge in [-0.05, 0) is 38.5 Å². The summed E-state index contributed by atoms with van der Waals surface area (Å²) in [6.07, 6.45) is 1.42. The summed E-state index contributed by atoms with van der Waals surface area (Å²) in [6, 6.07) is 13.3. The van der Waals surface area contributed by atoms with Gasteiger partial charge in [-0.3, -0.25) is 14.9 Å². The van der Waals surface area contributed by atoms with Crippen molar-refractivity contribution >= 4 is 22.9 Å². The number of aryl methyl sites for hydroxylation is 3. The van der Waals surface area contributed by atoms with Gasteiger partial charge in [0.15, 0.2) is 5.65 Å². The van der Waals surface area contributed by atoms with E-state index in [-0.39, 0.29) is 22.7 Å². The van der Waals surface area contributed by atoms with Crippen LogP contribution in [-0.4, -0.2) is 25.4 Å². The molecule has 0 unspecified atom stereocenters. The van der Waals surface area contributed by atoms with E-state index in [2.05, 4.69) is 15.4 Å². The Balaban J connectivity index is 1.68. The summed E-state index contributed by atoms with van der Waals surface area (Å²) in [7, 11) is 0. The number of aromatic nitrogens is 3. The van der Waals surface area contributed by atoms with E-state index in [1.807, 2.05) is 45.0 Å². The minimum absolute atomic E-state index is 0.203. The van der Waals surface area contributed by atoms with Crippen LogP contribution in [0.1, 0.15) is 27.3 Å². The largest absolute Gasteiger partial charge is 0.457 e. The summed E-state index contributed by atoms with van der Waals surface area (Å²) < 4.78 is 7.40. The number of benzene rings is 2. The highest BCUT2D eigenvalue weighted by molar-refractivity contribution is 6.08. The van der Waals surface area contributed by atoms with Gasteiger partial charge in [0.2, 0.25) is 0 Å². The number of nitrogens with one attached hydrogen (secondary N) is 1. The van der Waals surface area contributed by atoms with Gasteiger partial charge in [-0.1, -0.05) is 18.2 Å². The van der Waals surface area contributed by atoms with Crippen LogP contribution in [0.2, 0.25) is 0 Å². The molecule has 2 aromatic carbocycles. The normalized spacial score (nSPS) is 10.8. The maximum absolute atomic E-state index is 12.9. The second-order valence-corrected chi connectivity index (χ2v) is 7.13. The Morgan fingerprint density at radius 1 is 1.13 bits per heavy atom. The molecule has 0 aliphatic rings. The van der Waals surface area contributed by atoms with E-state index in [1.165, 1.54) is 24.4 Å². The van der Waals surface area contributed by atoms with Crippen molar-refractivity contribution in [3.63, 3.8) is 0 Å². The minimum atomic E-state index is -0.538. The van der Waals surface area contributed by atoms with Gasteiger partial charge in [-0.25, -0.2) is 9.50 Å². The standard InChI is InChI=1S/C22H19N5O4/c1-13-6-4-5-7-20(13)31-18-10-16(9-17(11-18)27(29)30)25-22(28)19-12-23-26-15(3)8-14(2)24-21(19)26/h4-12H,1-3H3,(H,25,28). The Labute approximate surface area is 177 Å². The summed E-state index contributed by atoms with van der Waals surface area (Å²) in [5, 5.41) is 18.3. The Hall–Kier alpha value is -4.27. The monoisotopic (exact) mass is 417 g/mol. The van der Waals surface area contributed by atoms with E-state index >= 15 is 0 Å². The number of ether oxygens (including phenoxy) is 1. The first-order valence-corrected chi connectivity index (χ1v) is 9.48. The number of amides is 1. The fraction of sp³-hybridized carbons (Fsp3) is 0.136. The maximum Gasteiger partial charge on any atom is 0.275 e. The van der Waals surface area contributed by atoms with Crippen molar-refractivity contribution < 1.29 is 14.5 Å². The smallest absolute Gasteiger partial charge is 0.275 e. The molecule has 4 aromatic rings. The molecule has 0 aliphatic carbocycles. The van der Waals surface area contributed by atoms with Crippen LogP contribution < -0.4 is 10.1 Å². The quantitative estimate of drug-likeness (QED) is 0.375. The number of para-hydroxylation sites is 1. The number of rotatable bonds is 5. The molecule has 0 saturated carbocycles. The molecule has 2 heterocycles. The van der Waals surface area contributed by atoms with E-state index in [1.54, 1.807) is 10.6 Å². The van der Waals surface area contributed by atoms with Crippen LogP contribution in [0, 0.1) is 30.9 Å². The molecule has 9 heteroatoms. The van der Waals surface area contributed by atoms with Crippen molar-refractivity contribution in [2.75, 3.05) is 5.32 Å². The molecule has 2 aromatic heterocycles. The lowest BCUT2D eigenvalue weighted by molar-refractivity contribution is -0.384. The number of nitro benzene ring substituents is 1. The molecule has 0 fully saturated rings. The van der Waals surface area contributed by atoms with Crippen LogP contribution in [0.25, 0.3) is 5.65 Å². The summed E-state index contributed by atoms with van der Waals surface area (Å²) in [6.45, 7) is 5.57. The van der Waals surface area contributed by atoms with Crippen molar-refractivity contribution in [1.29, 1.82) is 0 Å². The van der Waals surface area contributed by atoms with Gasteiger partial charge in [0, 0.05) is 23.5 Å². The zero-order valence-corrected chi connectivity index (χ0v) is 17.1. The zero-order chi connectivity index (χ0) is 22.1. The van der Waals surface area contributed by atoms with Gasteiger partial charge in [-0.15, -0.1) is 0 Å². The molecule has 1 N–H and O–H groups in total. The first-order valence-electron chi connectivity index (χ1n) is 9.48. The lowest BCUT2D eigenvalue weighted by Gasteiger charge is -2.11. The molecular formula is C22H19N5O4. The minimum Gasteiger partial charge on any atom is -0.457 e. The van der Waals surface area contributed by atoms with Crippen molar-refractivity contribution in [3.8, 4) is 11.5 Å². The number of non-ortho nitro benzene ring substituents is 1. The zero-order valence-electron chi connectivity index (χ0n) is 17.1. The average molecular weight is 417 g/mol. The summed E-state index contributed by atoms with van der Waals surface area (Å²) in [5.74, 6) is 0.330. The first kappa shape index (κ1) is 20.0. The third-order valence-electron chi connectivity index (χ3n) is 4.70. The number of hydrogen-bond acceptors (Lipinski definition) is 6.